The summed E-state index contributed by atoms with van der Waals surface area (Å²) in [6.07, 6.45) is 2.27. The molecule has 0 bridgehead atoms. The van der Waals surface area contributed by atoms with Crippen molar-refractivity contribution in [3.05, 3.63) is 28.2 Å². The van der Waals surface area contributed by atoms with E-state index in [1.54, 1.807) is 18.2 Å². The van der Waals surface area contributed by atoms with Gasteiger partial charge >= 0.3 is 0 Å². The Morgan fingerprint density at radius 2 is 2.00 bits per heavy atom. The van der Waals surface area contributed by atoms with Crippen LogP contribution in [0.3, 0.4) is 0 Å². The van der Waals surface area contributed by atoms with Gasteiger partial charge in [0.1, 0.15) is 12.4 Å². The molecule has 0 saturated heterocycles. The van der Waals surface area contributed by atoms with Crippen LogP contribution in [-0.2, 0) is 0 Å². The van der Waals surface area contributed by atoms with Gasteiger partial charge in [-0.3, -0.25) is 4.90 Å². The summed E-state index contributed by atoms with van der Waals surface area (Å²) in [6.45, 7) is 5.31. The molecule has 19 heavy (non-hydrogen) atoms. The van der Waals surface area contributed by atoms with Crippen LogP contribution in [0, 0.1) is 0 Å². The van der Waals surface area contributed by atoms with Crippen LogP contribution in [0.2, 0.25) is 10.0 Å². The molecule has 0 unspecified atom stereocenters. The summed E-state index contributed by atoms with van der Waals surface area (Å²) in [7, 11) is 0. The summed E-state index contributed by atoms with van der Waals surface area (Å²) in [5, 5.41) is 10.1. The van der Waals surface area contributed by atoms with Crippen LogP contribution in [0.4, 0.5) is 0 Å². The summed E-state index contributed by atoms with van der Waals surface area (Å²) in [6, 6.07) is 5.19. The second-order valence-corrected chi connectivity index (χ2v) is 5.19. The van der Waals surface area contributed by atoms with Crippen LogP contribution < -0.4 is 4.74 Å². The third-order valence-corrected chi connectivity index (χ3v) is 3.33. The van der Waals surface area contributed by atoms with Crippen LogP contribution in [0.1, 0.15) is 19.8 Å². The third-order valence-electron chi connectivity index (χ3n) is 2.80. The fourth-order valence-corrected chi connectivity index (χ4v) is 2.20. The molecule has 0 aliphatic carbocycles. The molecule has 1 N–H and O–H groups in total. The predicted molar refractivity (Wildman–Crippen MR) is 80.4 cm³/mol. The summed E-state index contributed by atoms with van der Waals surface area (Å²) < 4.78 is 5.63. The van der Waals surface area contributed by atoms with Crippen LogP contribution >= 0.6 is 23.2 Å². The highest BCUT2D eigenvalue weighted by Gasteiger charge is 2.06. The first-order valence-corrected chi connectivity index (χ1v) is 7.34. The monoisotopic (exact) mass is 305 g/mol. The molecule has 0 spiro atoms. The molecular formula is C14H21Cl2NO2. The van der Waals surface area contributed by atoms with Gasteiger partial charge in [-0.25, -0.2) is 0 Å². The summed E-state index contributed by atoms with van der Waals surface area (Å²) in [4.78, 5) is 2.19. The van der Waals surface area contributed by atoms with Crippen LogP contribution in [-0.4, -0.2) is 42.9 Å². The van der Waals surface area contributed by atoms with E-state index in [-0.39, 0.29) is 6.61 Å². The lowest BCUT2D eigenvalue weighted by atomic mass is 10.3. The van der Waals surface area contributed by atoms with Crippen molar-refractivity contribution in [1.29, 1.82) is 0 Å². The Kier molecular flexibility index (Phi) is 8.22. The van der Waals surface area contributed by atoms with Gasteiger partial charge in [-0.05, 0) is 31.2 Å². The van der Waals surface area contributed by atoms with Gasteiger partial charge in [0, 0.05) is 18.1 Å². The van der Waals surface area contributed by atoms with E-state index in [0.29, 0.717) is 28.9 Å². The lowest BCUT2D eigenvalue weighted by molar-refractivity contribution is 0.167. The molecule has 0 aliphatic rings. The van der Waals surface area contributed by atoms with E-state index in [1.165, 1.54) is 0 Å². The first kappa shape index (κ1) is 16.6. The molecule has 0 atom stereocenters. The average molecular weight is 306 g/mol. The van der Waals surface area contributed by atoms with Gasteiger partial charge in [0.25, 0.3) is 0 Å². The zero-order chi connectivity index (χ0) is 14.1. The Hall–Kier alpha value is -0.480. The topological polar surface area (TPSA) is 32.7 Å². The maximum Gasteiger partial charge on any atom is 0.138 e. The number of halogens is 2. The molecule has 1 rings (SSSR count). The molecule has 0 radical (unpaired) electrons. The van der Waals surface area contributed by atoms with Crippen LogP contribution in [0.5, 0.6) is 5.75 Å². The Bertz CT molecular complexity index is 374. The number of hydrogen-bond donors (Lipinski definition) is 1. The zero-order valence-corrected chi connectivity index (χ0v) is 12.8. The average Bonchev–Trinajstić information content (AvgIpc) is 2.38. The highest BCUT2D eigenvalue weighted by Crippen LogP contribution is 2.27. The van der Waals surface area contributed by atoms with E-state index < -0.39 is 0 Å². The van der Waals surface area contributed by atoms with Crippen LogP contribution in [0.25, 0.3) is 0 Å². The quantitative estimate of drug-likeness (QED) is 0.758. The number of benzene rings is 1. The largest absolute Gasteiger partial charge is 0.491 e. The molecule has 0 heterocycles. The number of nitrogens with zero attached hydrogens (tertiary/aromatic N) is 1. The smallest absolute Gasteiger partial charge is 0.138 e. The number of rotatable bonds is 9. The minimum Gasteiger partial charge on any atom is -0.491 e. The maximum absolute atomic E-state index is 9.01. The summed E-state index contributed by atoms with van der Waals surface area (Å²) in [5.41, 5.74) is 0. The van der Waals surface area contributed by atoms with Gasteiger partial charge in [0.05, 0.1) is 11.6 Å². The highest BCUT2D eigenvalue weighted by atomic mass is 35.5. The molecule has 0 saturated carbocycles. The molecule has 108 valence electrons. The fourth-order valence-electron chi connectivity index (χ4n) is 1.74. The van der Waals surface area contributed by atoms with Gasteiger partial charge in [0.2, 0.25) is 0 Å². The number of unbranched alkanes of at least 4 members (excludes halogenated alkanes) is 1. The van der Waals surface area contributed by atoms with Crippen molar-refractivity contribution in [2.75, 3.05) is 32.8 Å². The van der Waals surface area contributed by atoms with Crippen molar-refractivity contribution in [1.82, 2.24) is 4.90 Å². The standard InChI is InChI=1S/C14H21Cl2NO2/c1-2-3-6-17(7-9-18)8-10-19-14-5-4-12(15)11-13(14)16/h4-5,11,18H,2-3,6-10H2,1H3. The number of aliphatic hydroxyl groups excluding tert-OH is 1. The zero-order valence-electron chi connectivity index (χ0n) is 11.2. The number of aliphatic hydroxyl groups is 1. The molecule has 5 heteroatoms. The molecule has 0 amide bonds. The van der Waals surface area contributed by atoms with E-state index in [1.807, 2.05) is 0 Å². The number of ether oxygens (including phenoxy) is 1. The molecule has 3 nitrogen and oxygen atoms in total. The third kappa shape index (κ3) is 6.48. The first-order chi connectivity index (χ1) is 9.17. The van der Waals surface area contributed by atoms with E-state index in [0.717, 1.165) is 25.9 Å². The van der Waals surface area contributed by atoms with Crippen LogP contribution in [0.15, 0.2) is 18.2 Å². The highest BCUT2D eigenvalue weighted by molar-refractivity contribution is 6.35. The SMILES string of the molecule is CCCCN(CCO)CCOc1ccc(Cl)cc1Cl. The van der Waals surface area contributed by atoms with Gasteiger partial charge < -0.3 is 9.84 Å². The first-order valence-electron chi connectivity index (χ1n) is 6.58. The Labute approximate surface area is 125 Å². The lowest BCUT2D eigenvalue weighted by Crippen LogP contribution is -2.32. The van der Waals surface area contributed by atoms with Crippen molar-refractivity contribution < 1.29 is 9.84 Å². The van der Waals surface area contributed by atoms with Crippen molar-refractivity contribution in [3.63, 3.8) is 0 Å². The fraction of sp³-hybridized carbons (Fsp3) is 0.571. The minimum atomic E-state index is 0.172. The maximum atomic E-state index is 9.01. The minimum absolute atomic E-state index is 0.172. The van der Waals surface area contributed by atoms with Gasteiger partial charge in [-0.1, -0.05) is 36.5 Å². The lowest BCUT2D eigenvalue weighted by Gasteiger charge is -2.21. The van der Waals surface area contributed by atoms with Gasteiger partial charge in [0.15, 0.2) is 0 Å². The molecule has 1 aromatic rings. The van der Waals surface area contributed by atoms with Crippen molar-refractivity contribution in [2.45, 2.75) is 19.8 Å². The molecule has 0 aliphatic heterocycles. The molecule has 1 aromatic carbocycles. The van der Waals surface area contributed by atoms with E-state index >= 15 is 0 Å². The van der Waals surface area contributed by atoms with Gasteiger partial charge in [-0.2, -0.15) is 0 Å². The normalized spacial score (nSPS) is 11.0. The van der Waals surface area contributed by atoms with Crippen molar-refractivity contribution >= 4 is 23.2 Å². The van der Waals surface area contributed by atoms with E-state index in [4.69, 9.17) is 33.0 Å². The second-order valence-electron chi connectivity index (χ2n) is 4.34. The number of hydrogen-bond acceptors (Lipinski definition) is 3. The molecule has 0 aromatic heterocycles. The molecular weight excluding hydrogens is 285 g/mol. The van der Waals surface area contributed by atoms with E-state index in [2.05, 4.69) is 11.8 Å². The Morgan fingerprint density at radius 3 is 2.63 bits per heavy atom. The van der Waals surface area contributed by atoms with E-state index in [9.17, 15) is 0 Å². The summed E-state index contributed by atoms with van der Waals surface area (Å²) >= 11 is 11.9. The summed E-state index contributed by atoms with van der Waals surface area (Å²) in [5.74, 6) is 0.644. The van der Waals surface area contributed by atoms with Crippen molar-refractivity contribution in [3.8, 4) is 5.75 Å². The van der Waals surface area contributed by atoms with Gasteiger partial charge in [-0.15, -0.1) is 0 Å². The van der Waals surface area contributed by atoms with Crippen molar-refractivity contribution in [2.24, 2.45) is 0 Å². The molecule has 0 fully saturated rings. The Balaban J connectivity index is 2.38. The second kappa shape index (κ2) is 9.43. The Morgan fingerprint density at radius 1 is 1.21 bits per heavy atom. The predicted octanol–water partition coefficient (Wildman–Crippen LogP) is 3.47.